The molecule has 0 saturated heterocycles. The molecule has 7 heteroatoms. The van der Waals surface area contributed by atoms with Gasteiger partial charge >= 0.3 is 12.1 Å². The second-order valence-corrected chi connectivity index (χ2v) is 8.01. The van der Waals surface area contributed by atoms with Gasteiger partial charge in [0.2, 0.25) is 5.91 Å². The summed E-state index contributed by atoms with van der Waals surface area (Å²) >= 11 is 0. The lowest BCUT2D eigenvalue weighted by atomic mass is 9.91. The molecular weight excluding hydrogens is 408 g/mol. The average Bonchev–Trinajstić information content (AvgIpc) is 3.13. The molecule has 3 N–H and O–H groups in total. The van der Waals surface area contributed by atoms with Crippen LogP contribution in [0.4, 0.5) is 4.79 Å². The number of carboxylic acids is 1. The van der Waals surface area contributed by atoms with Gasteiger partial charge in [0.1, 0.15) is 18.2 Å². The summed E-state index contributed by atoms with van der Waals surface area (Å²) in [5.74, 6) is -1.72. The number of benzene rings is 2. The molecule has 0 heterocycles. The number of carbonyl (C=O) groups excluding carboxylic acids is 2. The zero-order valence-corrected chi connectivity index (χ0v) is 18.7. The first-order chi connectivity index (χ1) is 15.4. The van der Waals surface area contributed by atoms with Crippen molar-refractivity contribution in [3.63, 3.8) is 0 Å². The minimum absolute atomic E-state index is 0.0869. The maximum Gasteiger partial charge on any atom is 0.408 e. The Bertz CT molecular complexity index is 954. The van der Waals surface area contributed by atoms with Gasteiger partial charge in [-0.25, -0.2) is 9.59 Å². The second kappa shape index (κ2) is 9.85. The van der Waals surface area contributed by atoms with Gasteiger partial charge in [-0.05, 0) is 41.5 Å². The van der Waals surface area contributed by atoms with Crippen LogP contribution in [-0.4, -0.2) is 41.3 Å². The fourth-order valence-electron chi connectivity index (χ4n) is 4.27. The molecule has 0 saturated carbocycles. The van der Waals surface area contributed by atoms with Crippen molar-refractivity contribution < 1.29 is 24.2 Å². The molecule has 0 fully saturated rings. The van der Waals surface area contributed by atoms with Crippen molar-refractivity contribution in [2.24, 2.45) is 0 Å². The molecule has 32 heavy (non-hydrogen) atoms. The van der Waals surface area contributed by atoms with Crippen LogP contribution >= 0.6 is 0 Å². The van der Waals surface area contributed by atoms with Gasteiger partial charge in [-0.3, -0.25) is 4.79 Å². The number of fused-ring (bicyclic) bond motifs is 3. The summed E-state index contributed by atoms with van der Waals surface area (Å²) in [4.78, 5) is 36.9. The van der Waals surface area contributed by atoms with Gasteiger partial charge < -0.3 is 20.5 Å². The predicted octanol–water partition coefficient (Wildman–Crippen LogP) is 4.06. The number of rotatable bonds is 9. The van der Waals surface area contributed by atoms with E-state index < -0.39 is 29.6 Å². The van der Waals surface area contributed by atoms with Gasteiger partial charge in [0, 0.05) is 5.92 Å². The Kier molecular flexibility index (Phi) is 7.18. The number of hydrogen-bond donors (Lipinski definition) is 3. The third-order valence-corrected chi connectivity index (χ3v) is 6.34. The fourth-order valence-corrected chi connectivity index (χ4v) is 4.27. The first-order valence-electron chi connectivity index (χ1n) is 11.0. The molecule has 0 bridgehead atoms. The molecule has 0 aromatic heterocycles. The molecule has 0 unspecified atom stereocenters. The Morgan fingerprint density at radius 3 is 1.97 bits per heavy atom. The van der Waals surface area contributed by atoms with E-state index in [1.165, 1.54) is 0 Å². The van der Waals surface area contributed by atoms with E-state index in [-0.39, 0.29) is 18.9 Å². The monoisotopic (exact) mass is 438 g/mol. The highest BCUT2D eigenvalue weighted by molar-refractivity contribution is 5.92. The Labute approximate surface area is 188 Å². The summed E-state index contributed by atoms with van der Waals surface area (Å²) in [7, 11) is 0. The number of aliphatic carboxylic acids is 1. The van der Waals surface area contributed by atoms with Crippen molar-refractivity contribution in [1.29, 1.82) is 0 Å². The van der Waals surface area contributed by atoms with Gasteiger partial charge in [-0.15, -0.1) is 0 Å². The van der Waals surface area contributed by atoms with E-state index in [1.54, 1.807) is 20.8 Å². The quantitative estimate of drug-likeness (QED) is 0.548. The number of carbonyl (C=O) groups is 3. The Morgan fingerprint density at radius 2 is 1.50 bits per heavy atom. The zero-order chi connectivity index (χ0) is 23.3. The smallest absolute Gasteiger partial charge is 0.408 e. The molecule has 0 spiro atoms. The first-order valence-corrected chi connectivity index (χ1v) is 11.0. The van der Waals surface area contributed by atoms with Crippen LogP contribution in [-0.2, 0) is 14.3 Å². The minimum atomic E-state index is -1.24. The molecule has 7 nitrogen and oxygen atoms in total. The molecule has 0 aliphatic heterocycles. The van der Waals surface area contributed by atoms with Crippen LogP contribution in [0.5, 0.6) is 0 Å². The lowest BCUT2D eigenvalue weighted by molar-refractivity contribution is -0.143. The van der Waals surface area contributed by atoms with Crippen LogP contribution in [0.2, 0.25) is 0 Å². The molecule has 3 rings (SSSR count). The number of alkyl carbamates (subject to hydrolysis) is 1. The minimum Gasteiger partial charge on any atom is -0.480 e. The van der Waals surface area contributed by atoms with Gasteiger partial charge in [-0.1, -0.05) is 69.3 Å². The Morgan fingerprint density at radius 1 is 0.969 bits per heavy atom. The average molecular weight is 439 g/mol. The van der Waals surface area contributed by atoms with E-state index in [1.807, 2.05) is 36.4 Å². The fraction of sp³-hybridized carbons (Fsp3) is 0.400. The maximum absolute atomic E-state index is 12.9. The standard InChI is InChI=1S/C25H30N2O5/c1-4-21(22(28)29)26-23(30)25(5-2,6-3)27-24(31)32-15-20-18-13-9-7-11-16(18)17-12-8-10-14-19(17)20/h7-14,20-21H,4-6,15H2,1-3H3,(H,26,30)(H,27,31)(H,28,29)/t21-/m1/s1. The highest BCUT2D eigenvalue weighted by atomic mass is 16.5. The molecule has 2 amide bonds. The molecule has 1 aliphatic rings. The molecule has 2 aromatic carbocycles. The summed E-state index contributed by atoms with van der Waals surface area (Å²) in [6.45, 7) is 5.36. The summed E-state index contributed by atoms with van der Waals surface area (Å²) < 4.78 is 5.58. The lowest BCUT2D eigenvalue weighted by Crippen LogP contribution is -2.60. The van der Waals surface area contributed by atoms with E-state index in [0.29, 0.717) is 12.8 Å². The van der Waals surface area contributed by atoms with E-state index in [2.05, 4.69) is 22.8 Å². The number of carboxylic acid groups (broad SMARTS) is 1. The van der Waals surface area contributed by atoms with Crippen LogP contribution in [0.3, 0.4) is 0 Å². The van der Waals surface area contributed by atoms with Crippen molar-refractivity contribution in [3.05, 3.63) is 59.7 Å². The SMILES string of the molecule is CC[C@@H](NC(=O)C(CC)(CC)NC(=O)OCC1c2ccccc2-c2ccccc21)C(=O)O. The Hall–Kier alpha value is -3.35. The maximum atomic E-state index is 12.9. The normalized spacial score (nSPS) is 13.6. The second-order valence-electron chi connectivity index (χ2n) is 8.01. The van der Waals surface area contributed by atoms with Crippen LogP contribution in [0.15, 0.2) is 48.5 Å². The van der Waals surface area contributed by atoms with Crippen LogP contribution in [0.1, 0.15) is 57.1 Å². The lowest BCUT2D eigenvalue weighted by Gasteiger charge is -2.32. The number of nitrogens with one attached hydrogen (secondary N) is 2. The van der Waals surface area contributed by atoms with E-state index in [4.69, 9.17) is 4.74 Å². The molecule has 1 atom stereocenters. The molecule has 1 aliphatic carbocycles. The summed E-state index contributed by atoms with van der Waals surface area (Å²) in [6, 6.07) is 15.1. The summed E-state index contributed by atoms with van der Waals surface area (Å²) in [5.41, 5.74) is 3.22. The molecule has 0 radical (unpaired) electrons. The number of ether oxygens (including phenoxy) is 1. The van der Waals surface area contributed by atoms with E-state index >= 15 is 0 Å². The largest absolute Gasteiger partial charge is 0.480 e. The van der Waals surface area contributed by atoms with Gasteiger partial charge in [0.05, 0.1) is 0 Å². The van der Waals surface area contributed by atoms with Crippen molar-refractivity contribution in [2.75, 3.05) is 6.61 Å². The number of amides is 2. The van der Waals surface area contributed by atoms with Gasteiger partial charge in [0.15, 0.2) is 0 Å². The molecular formula is C25H30N2O5. The van der Waals surface area contributed by atoms with Crippen molar-refractivity contribution in [1.82, 2.24) is 10.6 Å². The number of hydrogen-bond acceptors (Lipinski definition) is 4. The highest BCUT2D eigenvalue weighted by Crippen LogP contribution is 2.44. The topological polar surface area (TPSA) is 105 Å². The molecule has 170 valence electrons. The third-order valence-electron chi connectivity index (χ3n) is 6.34. The predicted molar refractivity (Wildman–Crippen MR) is 121 cm³/mol. The van der Waals surface area contributed by atoms with Crippen molar-refractivity contribution >= 4 is 18.0 Å². The van der Waals surface area contributed by atoms with Gasteiger partial charge in [-0.2, -0.15) is 0 Å². The summed E-state index contributed by atoms with van der Waals surface area (Å²) in [6.07, 6.45) is 0.148. The third kappa shape index (κ3) is 4.47. The van der Waals surface area contributed by atoms with Crippen LogP contribution in [0.25, 0.3) is 11.1 Å². The summed E-state index contributed by atoms with van der Waals surface area (Å²) in [5, 5.41) is 14.5. The van der Waals surface area contributed by atoms with E-state index in [9.17, 15) is 19.5 Å². The zero-order valence-electron chi connectivity index (χ0n) is 18.7. The van der Waals surface area contributed by atoms with E-state index in [0.717, 1.165) is 22.3 Å². The molecule has 2 aromatic rings. The van der Waals surface area contributed by atoms with Crippen LogP contribution in [0, 0.1) is 0 Å². The van der Waals surface area contributed by atoms with Crippen molar-refractivity contribution in [3.8, 4) is 11.1 Å². The highest BCUT2D eigenvalue weighted by Gasteiger charge is 2.39. The van der Waals surface area contributed by atoms with Gasteiger partial charge in [0.25, 0.3) is 0 Å². The first kappa shape index (κ1) is 23.3. The van der Waals surface area contributed by atoms with Crippen LogP contribution < -0.4 is 10.6 Å². The Balaban J connectivity index is 1.71. The van der Waals surface area contributed by atoms with Crippen molar-refractivity contribution in [2.45, 2.75) is 57.5 Å².